The van der Waals surface area contributed by atoms with E-state index in [2.05, 4.69) is 10.6 Å². The van der Waals surface area contributed by atoms with Crippen LogP contribution in [0.15, 0.2) is 0 Å². The van der Waals surface area contributed by atoms with Crippen molar-refractivity contribution in [3.8, 4) is 0 Å². The first kappa shape index (κ1) is 23.3. The summed E-state index contributed by atoms with van der Waals surface area (Å²) in [7, 11) is 0. The monoisotopic (exact) mass is 423 g/mol. The highest BCUT2D eigenvalue weighted by molar-refractivity contribution is 5.86. The molecule has 2 saturated heterocycles. The van der Waals surface area contributed by atoms with Crippen LogP contribution in [0.4, 0.5) is 4.79 Å². The number of likely N-dealkylation sites (tertiary alicyclic amines) is 1. The van der Waals surface area contributed by atoms with Crippen molar-refractivity contribution in [3.63, 3.8) is 0 Å². The van der Waals surface area contributed by atoms with Gasteiger partial charge in [-0.1, -0.05) is 19.3 Å². The van der Waals surface area contributed by atoms with Gasteiger partial charge < -0.3 is 25.0 Å². The number of hydrogen-bond acceptors (Lipinski definition) is 5. The van der Waals surface area contributed by atoms with Gasteiger partial charge in [0, 0.05) is 13.1 Å². The van der Waals surface area contributed by atoms with Gasteiger partial charge in [0.25, 0.3) is 0 Å². The van der Waals surface area contributed by atoms with Crippen LogP contribution in [-0.2, 0) is 14.3 Å². The molecule has 0 unspecified atom stereocenters. The summed E-state index contributed by atoms with van der Waals surface area (Å²) in [6.45, 7) is 9.00. The highest BCUT2D eigenvalue weighted by atomic mass is 16.6. The number of nitrogens with one attached hydrogen (secondary N) is 2. The van der Waals surface area contributed by atoms with Crippen molar-refractivity contribution in [2.45, 2.75) is 102 Å². The molecule has 172 valence electrons. The molecule has 2 amide bonds. The van der Waals surface area contributed by atoms with Crippen LogP contribution in [0.2, 0.25) is 0 Å². The van der Waals surface area contributed by atoms with Crippen LogP contribution in [0.5, 0.6) is 0 Å². The fraction of sp³-hybridized carbons (Fsp3) is 0.913. The summed E-state index contributed by atoms with van der Waals surface area (Å²) in [5, 5.41) is 6.30. The quantitative estimate of drug-likeness (QED) is 0.710. The SMILES string of the molecule is CC(C)(C)OC(=O)N[C@@H](C(=O)N1CCC(OC2CCNCC2)CC1)C1CCCCC1. The minimum atomic E-state index is -0.575. The van der Waals surface area contributed by atoms with Gasteiger partial charge in [-0.2, -0.15) is 0 Å². The molecule has 0 radical (unpaired) electrons. The summed E-state index contributed by atoms with van der Waals surface area (Å²) in [4.78, 5) is 27.8. The van der Waals surface area contributed by atoms with Crippen molar-refractivity contribution < 1.29 is 19.1 Å². The van der Waals surface area contributed by atoms with Gasteiger partial charge in [-0.15, -0.1) is 0 Å². The predicted octanol–water partition coefficient (Wildman–Crippen LogP) is 3.22. The van der Waals surface area contributed by atoms with Crippen LogP contribution in [0, 0.1) is 5.92 Å². The van der Waals surface area contributed by atoms with Crippen molar-refractivity contribution in [3.05, 3.63) is 0 Å². The lowest BCUT2D eigenvalue weighted by atomic mass is 9.83. The Bertz CT molecular complexity index is 557. The van der Waals surface area contributed by atoms with Crippen molar-refractivity contribution in [2.24, 2.45) is 5.92 Å². The Labute approximate surface area is 181 Å². The fourth-order valence-electron chi connectivity index (χ4n) is 4.90. The van der Waals surface area contributed by atoms with Crippen molar-refractivity contribution in [1.29, 1.82) is 0 Å². The highest BCUT2D eigenvalue weighted by Gasteiger charge is 2.36. The van der Waals surface area contributed by atoms with Gasteiger partial charge in [0.2, 0.25) is 5.91 Å². The molecule has 0 aromatic carbocycles. The Kier molecular flexibility index (Phi) is 8.40. The number of nitrogens with zero attached hydrogens (tertiary/aromatic N) is 1. The predicted molar refractivity (Wildman–Crippen MR) is 116 cm³/mol. The Balaban J connectivity index is 1.55. The molecule has 7 nitrogen and oxygen atoms in total. The molecule has 3 fully saturated rings. The van der Waals surface area contributed by atoms with Crippen LogP contribution in [-0.4, -0.2) is 66.9 Å². The fourth-order valence-corrected chi connectivity index (χ4v) is 4.90. The maximum absolute atomic E-state index is 13.4. The van der Waals surface area contributed by atoms with E-state index >= 15 is 0 Å². The van der Waals surface area contributed by atoms with E-state index in [0.29, 0.717) is 19.2 Å². The second kappa shape index (κ2) is 10.8. The van der Waals surface area contributed by atoms with Gasteiger partial charge in [-0.3, -0.25) is 4.79 Å². The lowest BCUT2D eigenvalue weighted by Crippen LogP contribution is -2.55. The molecule has 3 rings (SSSR count). The molecule has 1 atom stereocenters. The number of ether oxygens (including phenoxy) is 2. The molecule has 0 aromatic heterocycles. The smallest absolute Gasteiger partial charge is 0.408 e. The van der Waals surface area contributed by atoms with Crippen LogP contribution in [0.1, 0.15) is 78.6 Å². The van der Waals surface area contributed by atoms with Crippen molar-refractivity contribution in [2.75, 3.05) is 26.2 Å². The Morgan fingerprint density at radius 3 is 2.13 bits per heavy atom. The van der Waals surface area contributed by atoms with Crippen molar-refractivity contribution >= 4 is 12.0 Å². The zero-order valence-corrected chi connectivity index (χ0v) is 19.1. The number of hydrogen-bond donors (Lipinski definition) is 2. The minimum absolute atomic E-state index is 0.0491. The molecule has 7 heteroatoms. The molecule has 0 aromatic rings. The summed E-state index contributed by atoms with van der Waals surface area (Å²) < 4.78 is 11.7. The first-order valence-corrected chi connectivity index (χ1v) is 12.0. The second-order valence-electron chi connectivity index (χ2n) is 10.1. The molecule has 30 heavy (non-hydrogen) atoms. The summed E-state index contributed by atoms with van der Waals surface area (Å²) in [6.07, 6.45) is 9.42. The lowest BCUT2D eigenvalue weighted by Gasteiger charge is -2.38. The third-order valence-corrected chi connectivity index (χ3v) is 6.48. The summed E-state index contributed by atoms with van der Waals surface area (Å²) in [5.74, 6) is 0.246. The Hall–Kier alpha value is -1.34. The molecule has 0 spiro atoms. The molecular formula is C23H41N3O4. The largest absolute Gasteiger partial charge is 0.444 e. The van der Waals surface area contributed by atoms with E-state index in [-0.39, 0.29) is 17.9 Å². The third kappa shape index (κ3) is 7.12. The van der Waals surface area contributed by atoms with E-state index < -0.39 is 17.7 Å². The number of rotatable bonds is 5. The number of carbonyl (C=O) groups is 2. The number of alkyl carbamates (subject to hydrolysis) is 1. The van der Waals surface area contributed by atoms with E-state index in [0.717, 1.165) is 64.5 Å². The normalized spacial score (nSPS) is 23.8. The minimum Gasteiger partial charge on any atom is -0.444 e. The van der Waals surface area contributed by atoms with Gasteiger partial charge in [-0.05, 0) is 78.3 Å². The standard InChI is InChI=1S/C23H41N3O4/c1-23(2,3)30-22(28)25-20(17-7-5-4-6-8-17)21(27)26-15-11-19(12-16-26)29-18-9-13-24-14-10-18/h17-20,24H,4-16H2,1-3H3,(H,25,28)/t20-/m1/s1. The average molecular weight is 424 g/mol. The maximum atomic E-state index is 13.4. The van der Waals surface area contributed by atoms with E-state index in [1.165, 1.54) is 6.42 Å². The van der Waals surface area contributed by atoms with Gasteiger partial charge in [-0.25, -0.2) is 4.79 Å². The molecule has 2 heterocycles. The number of piperidine rings is 2. The summed E-state index contributed by atoms with van der Waals surface area (Å²) in [6, 6.07) is -0.484. The van der Waals surface area contributed by atoms with Crippen LogP contribution >= 0.6 is 0 Å². The molecule has 3 aliphatic rings. The zero-order chi connectivity index (χ0) is 21.6. The second-order valence-corrected chi connectivity index (χ2v) is 10.1. The Morgan fingerprint density at radius 2 is 1.53 bits per heavy atom. The lowest BCUT2D eigenvalue weighted by molar-refractivity contribution is -0.139. The molecular weight excluding hydrogens is 382 g/mol. The topological polar surface area (TPSA) is 79.9 Å². The first-order chi connectivity index (χ1) is 14.3. The first-order valence-electron chi connectivity index (χ1n) is 12.0. The van der Waals surface area contributed by atoms with Crippen LogP contribution < -0.4 is 10.6 Å². The summed E-state index contributed by atoms with van der Waals surface area (Å²) >= 11 is 0. The van der Waals surface area contributed by atoms with Crippen molar-refractivity contribution in [1.82, 2.24) is 15.5 Å². The van der Waals surface area contributed by atoms with Crippen LogP contribution in [0.3, 0.4) is 0 Å². The van der Waals surface area contributed by atoms with E-state index in [1.807, 2.05) is 25.7 Å². The zero-order valence-electron chi connectivity index (χ0n) is 19.1. The van der Waals surface area contributed by atoms with E-state index in [4.69, 9.17) is 9.47 Å². The summed E-state index contributed by atoms with van der Waals surface area (Å²) in [5.41, 5.74) is -0.575. The molecule has 2 aliphatic heterocycles. The average Bonchev–Trinajstić information content (AvgIpc) is 2.72. The highest BCUT2D eigenvalue weighted by Crippen LogP contribution is 2.29. The van der Waals surface area contributed by atoms with Gasteiger partial charge in [0.05, 0.1) is 12.2 Å². The van der Waals surface area contributed by atoms with Gasteiger partial charge in [0.1, 0.15) is 11.6 Å². The van der Waals surface area contributed by atoms with Gasteiger partial charge in [0.15, 0.2) is 0 Å². The van der Waals surface area contributed by atoms with Gasteiger partial charge >= 0.3 is 6.09 Å². The molecule has 1 saturated carbocycles. The molecule has 1 aliphatic carbocycles. The van der Waals surface area contributed by atoms with Crippen LogP contribution in [0.25, 0.3) is 0 Å². The maximum Gasteiger partial charge on any atom is 0.408 e. The Morgan fingerprint density at radius 1 is 0.933 bits per heavy atom. The molecule has 2 N–H and O–H groups in total. The number of amides is 2. The third-order valence-electron chi connectivity index (χ3n) is 6.48. The molecule has 0 bridgehead atoms. The van der Waals surface area contributed by atoms with E-state index in [9.17, 15) is 9.59 Å². The van der Waals surface area contributed by atoms with E-state index in [1.54, 1.807) is 0 Å². The number of carbonyl (C=O) groups excluding carboxylic acids is 2.